The number of carbonyl (C=O) groups is 2. The fourth-order valence-electron chi connectivity index (χ4n) is 2.36. The molecule has 0 aromatic heterocycles. The third kappa shape index (κ3) is 3.57. The van der Waals surface area contributed by atoms with Crippen molar-refractivity contribution >= 4 is 11.9 Å². The van der Waals surface area contributed by atoms with E-state index in [2.05, 4.69) is 10.6 Å². The van der Waals surface area contributed by atoms with Crippen LogP contribution in [0.15, 0.2) is 30.3 Å². The first-order valence-corrected chi connectivity index (χ1v) is 6.89. The van der Waals surface area contributed by atoms with Crippen molar-refractivity contribution in [3.05, 3.63) is 35.9 Å². The minimum absolute atomic E-state index is 0.149. The van der Waals surface area contributed by atoms with Crippen molar-refractivity contribution in [2.45, 2.75) is 31.3 Å². The summed E-state index contributed by atoms with van der Waals surface area (Å²) in [6.07, 6.45) is 2.91. The number of benzene rings is 1. The highest BCUT2D eigenvalue weighted by atomic mass is 16.5. The summed E-state index contributed by atoms with van der Waals surface area (Å²) in [4.78, 5) is 24.1. The average Bonchev–Trinajstić information content (AvgIpc) is 2.53. The summed E-state index contributed by atoms with van der Waals surface area (Å²) in [6.45, 7) is 0.840. The van der Waals surface area contributed by atoms with Crippen molar-refractivity contribution in [3.63, 3.8) is 0 Å². The Kier molecular flexibility index (Phi) is 5.12. The maximum absolute atomic E-state index is 12.2. The Morgan fingerprint density at radius 2 is 2.05 bits per heavy atom. The van der Waals surface area contributed by atoms with Gasteiger partial charge in [0, 0.05) is 0 Å². The molecule has 5 heteroatoms. The number of hydrogen-bond donors (Lipinski definition) is 2. The third-order valence-electron chi connectivity index (χ3n) is 3.48. The van der Waals surface area contributed by atoms with E-state index in [0.29, 0.717) is 0 Å². The summed E-state index contributed by atoms with van der Waals surface area (Å²) < 4.78 is 4.78. The molecule has 0 spiro atoms. The molecule has 1 amide bonds. The van der Waals surface area contributed by atoms with Crippen molar-refractivity contribution in [1.82, 2.24) is 10.6 Å². The maximum Gasteiger partial charge on any atom is 0.333 e. The molecule has 1 fully saturated rings. The van der Waals surface area contributed by atoms with E-state index in [1.165, 1.54) is 7.11 Å². The van der Waals surface area contributed by atoms with Crippen LogP contribution in [0.4, 0.5) is 0 Å². The van der Waals surface area contributed by atoms with E-state index in [9.17, 15) is 9.59 Å². The summed E-state index contributed by atoms with van der Waals surface area (Å²) in [5, 5.41) is 5.95. The Balaban J connectivity index is 2.08. The van der Waals surface area contributed by atoms with Gasteiger partial charge >= 0.3 is 5.97 Å². The predicted octanol–water partition coefficient (Wildman–Crippen LogP) is 1.16. The molecule has 0 bridgehead atoms. The van der Waals surface area contributed by atoms with Gasteiger partial charge < -0.3 is 15.4 Å². The van der Waals surface area contributed by atoms with Crippen LogP contribution in [-0.2, 0) is 14.3 Å². The normalized spacial score (nSPS) is 19.9. The maximum atomic E-state index is 12.2. The van der Waals surface area contributed by atoms with Crippen LogP contribution in [-0.4, -0.2) is 31.6 Å². The zero-order valence-electron chi connectivity index (χ0n) is 11.6. The Morgan fingerprint density at radius 3 is 2.65 bits per heavy atom. The summed E-state index contributed by atoms with van der Waals surface area (Å²) in [5.41, 5.74) is 0.725. The van der Waals surface area contributed by atoms with E-state index in [-0.39, 0.29) is 11.9 Å². The standard InChI is InChI=1S/C15H20N2O3/c1-20-15(19)13(11-7-3-2-4-8-11)17-14(18)12-9-5-6-10-16-12/h2-4,7-8,12-13,16H,5-6,9-10H2,1H3,(H,17,18)/t12-,13?/m0/s1. The topological polar surface area (TPSA) is 67.4 Å². The van der Waals surface area contributed by atoms with Crippen molar-refractivity contribution < 1.29 is 14.3 Å². The molecule has 2 rings (SSSR count). The van der Waals surface area contributed by atoms with Gasteiger partial charge in [0.25, 0.3) is 0 Å². The first-order chi connectivity index (χ1) is 9.72. The van der Waals surface area contributed by atoms with Crippen molar-refractivity contribution in [1.29, 1.82) is 0 Å². The second-order valence-electron chi connectivity index (χ2n) is 4.88. The van der Waals surface area contributed by atoms with Gasteiger partial charge in [0.05, 0.1) is 13.2 Å². The summed E-state index contributed by atoms with van der Waals surface area (Å²) >= 11 is 0. The molecule has 5 nitrogen and oxygen atoms in total. The van der Waals surface area contributed by atoms with Crippen LogP contribution in [0, 0.1) is 0 Å². The van der Waals surface area contributed by atoms with E-state index in [1.807, 2.05) is 18.2 Å². The number of esters is 1. The number of rotatable bonds is 4. The van der Waals surface area contributed by atoms with E-state index >= 15 is 0 Å². The number of ether oxygens (including phenoxy) is 1. The number of hydrogen-bond acceptors (Lipinski definition) is 4. The SMILES string of the molecule is COC(=O)C(NC(=O)[C@@H]1CCCCN1)c1ccccc1. The largest absolute Gasteiger partial charge is 0.467 e. The van der Waals surface area contributed by atoms with Crippen LogP contribution in [0.3, 0.4) is 0 Å². The van der Waals surface area contributed by atoms with Crippen molar-refractivity contribution in [2.75, 3.05) is 13.7 Å². The van der Waals surface area contributed by atoms with Crippen molar-refractivity contribution in [2.24, 2.45) is 0 Å². The molecule has 0 radical (unpaired) electrons. The Morgan fingerprint density at radius 1 is 1.30 bits per heavy atom. The van der Waals surface area contributed by atoms with Gasteiger partial charge in [-0.1, -0.05) is 36.8 Å². The lowest BCUT2D eigenvalue weighted by Gasteiger charge is -2.25. The Labute approximate surface area is 118 Å². The van der Waals surface area contributed by atoms with Crippen LogP contribution >= 0.6 is 0 Å². The fraction of sp³-hybridized carbons (Fsp3) is 0.467. The zero-order chi connectivity index (χ0) is 14.4. The Bertz CT molecular complexity index is 455. The van der Waals surface area contributed by atoms with E-state index < -0.39 is 12.0 Å². The zero-order valence-corrected chi connectivity index (χ0v) is 11.6. The lowest BCUT2D eigenvalue weighted by Crippen LogP contribution is -2.48. The van der Waals surface area contributed by atoms with Gasteiger partial charge in [-0.3, -0.25) is 4.79 Å². The summed E-state index contributed by atoms with van der Waals surface area (Å²) in [6, 6.07) is 8.15. The lowest BCUT2D eigenvalue weighted by molar-refractivity contribution is -0.145. The van der Waals surface area contributed by atoms with Gasteiger partial charge in [0.2, 0.25) is 5.91 Å². The molecule has 0 aliphatic carbocycles. The van der Waals surface area contributed by atoms with Gasteiger partial charge in [-0.15, -0.1) is 0 Å². The molecule has 1 aliphatic rings. The minimum atomic E-state index is -0.752. The second-order valence-corrected chi connectivity index (χ2v) is 4.88. The van der Waals surface area contributed by atoms with Crippen LogP contribution < -0.4 is 10.6 Å². The average molecular weight is 276 g/mol. The summed E-state index contributed by atoms with van der Waals surface area (Å²) in [5.74, 6) is -0.607. The number of methoxy groups -OCH3 is 1. The Hall–Kier alpha value is -1.88. The molecular weight excluding hydrogens is 256 g/mol. The number of piperidine rings is 1. The van der Waals surface area contributed by atoms with E-state index in [1.54, 1.807) is 12.1 Å². The molecule has 1 heterocycles. The molecule has 1 unspecified atom stereocenters. The first kappa shape index (κ1) is 14.5. The van der Waals surface area contributed by atoms with E-state index in [0.717, 1.165) is 31.4 Å². The molecule has 2 atom stereocenters. The molecule has 1 aromatic rings. The van der Waals surface area contributed by atoms with Crippen LogP contribution in [0.2, 0.25) is 0 Å². The highest BCUT2D eigenvalue weighted by molar-refractivity contribution is 5.88. The highest BCUT2D eigenvalue weighted by Crippen LogP contribution is 2.15. The molecule has 1 saturated heterocycles. The molecule has 1 aromatic carbocycles. The molecule has 0 saturated carbocycles. The fourth-order valence-corrected chi connectivity index (χ4v) is 2.36. The monoisotopic (exact) mass is 276 g/mol. The van der Waals surface area contributed by atoms with Gasteiger partial charge in [-0.25, -0.2) is 4.79 Å². The molecule has 2 N–H and O–H groups in total. The third-order valence-corrected chi connectivity index (χ3v) is 3.48. The van der Waals surface area contributed by atoms with Gasteiger partial charge in [0.1, 0.15) is 0 Å². The number of amides is 1. The molecule has 20 heavy (non-hydrogen) atoms. The van der Waals surface area contributed by atoms with Crippen LogP contribution in [0.1, 0.15) is 30.9 Å². The van der Waals surface area contributed by atoms with Gasteiger partial charge in [-0.2, -0.15) is 0 Å². The van der Waals surface area contributed by atoms with Gasteiger partial charge in [-0.05, 0) is 24.9 Å². The molecule has 1 aliphatic heterocycles. The molecule has 108 valence electrons. The number of carbonyl (C=O) groups excluding carboxylic acids is 2. The van der Waals surface area contributed by atoms with Crippen LogP contribution in [0.25, 0.3) is 0 Å². The van der Waals surface area contributed by atoms with Gasteiger partial charge in [0.15, 0.2) is 6.04 Å². The molecular formula is C15H20N2O3. The first-order valence-electron chi connectivity index (χ1n) is 6.89. The smallest absolute Gasteiger partial charge is 0.333 e. The number of nitrogens with one attached hydrogen (secondary N) is 2. The second kappa shape index (κ2) is 7.05. The lowest BCUT2D eigenvalue weighted by atomic mass is 10.0. The van der Waals surface area contributed by atoms with E-state index in [4.69, 9.17) is 4.74 Å². The minimum Gasteiger partial charge on any atom is -0.467 e. The summed E-state index contributed by atoms with van der Waals surface area (Å²) in [7, 11) is 1.32. The van der Waals surface area contributed by atoms with Crippen molar-refractivity contribution in [3.8, 4) is 0 Å². The quantitative estimate of drug-likeness (QED) is 0.810. The highest BCUT2D eigenvalue weighted by Gasteiger charge is 2.27. The predicted molar refractivity (Wildman–Crippen MR) is 75.0 cm³/mol. The van der Waals surface area contributed by atoms with Crippen LogP contribution in [0.5, 0.6) is 0 Å².